The molecule has 0 heterocycles. The van der Waals surface area contributed by atoms with Crippen molar-refractivity contribution in [1.82, 2.24) is 16.0 Å². The summed E-state index contributed by atoms with van der Waals surface area (Å²) in [4.78, 5) is 37.5. The molecular weight excluding hydrogens is 762 g/mol. The number of alkyl halides is 6. The molecule has 158 valence electrons. The van der Waals surface area contributed by atoms with Gasteiger partial charge in [-0.25, -0.2) is 0 Å². The molecule has 4 rings (SSSR count). The van der Waals surface area contributed by atoms with E-state index in [0.717, 1.165) is 19.3 Å². The highest BCUT2D eigenvalue weighted by molar-refractivity contribution is 9.25. The van der Waals surface area contributed by atoms with Gasteiger partial charge < -0.3 is 16.0 Å². The van der Waals surface area contributed by atoms with Crippen LogP contribution in [0.25, 0.3) is 0 Å². The van der Waals surface area contributed by atoms with E-state index in [0.29, 0.717) is 25.2 Å². The van der Waals surface area contributed by atoms with Crippen LogP contribution in [0.2, 0.25) is 0 Å². The third-order valence-corrected chi connectivity index (χ3v) is 8.32. The number of halogens is 6. The zero-order valence-corrected chi connectivity index (χ0v) is 24.1. The van der Waals surface area contributed by atoms with E-state index in [1.165, 1.54) is 0 Å². The number of carbonyl (C=O) groups excluding carboxylic acids is 3. The average Bonchev–Trinajstić information content (AvgIpc) is 2.51. The number of nitrogens with one attached hydrogen (secondary N) is 3. The number of carbonyl (C=O) groups is 3. The van der Waals surface area contributed by atoms with Crippen LogP contribution in [-0.2, 0) is 14.4 Å². The summed E-state index contributed by atoms with van der Waals surface area (Å²) in [5.41, 5.74) is -1.42. The summed E-state index contributed by atoms with van der Waals surface area (Å²) in [6, 6.07) is 0. The summed E-state index contributed by atoms with van der Waals surface area (Å²) in [5.74, 6) is -0.151. The summed E-state index contributed by atoms with van der Waals surface area (Å²) in [6.45, 7) is 0. The second-order valence-corrected chi connectivity index (χ2v) is 17.4. The highest BCUT2D eigenvalue weighted by Gasteiger charge is 2.65. The second-order valence-electron chi connectivity index (χ2n) is 8.22. The molecule has 4 saturated carbocycles. The third kappa shape index (κ3) is 5.02. The molecule has 4 bridgehead atoms. The van der Waals surface area contributed by atoms with E-state index in [1.54, 1.807) is 0 Å². The molecule has 28 heavy (non-hydrogen) atoms. The lowest BCUT2D eigenvalue weighted by atomic mass is 9.47. The van der Waals surface area contributed by atoms with Gasteiger partial charge in [0.25, 0.3) is 0 Å². The normalized spacial score (nSPS) is 36.1. The molecule has 0 radical (unpaired) electrons. The Morgan fingerprint density at radius 3 is 1.07 bits per heavy atom. The molecule has 0 unspecified atom stereocenters. The van der Waals surface area contributed by atoms with E-state index in [1.807, 2.05) is 0 Å². The van der Waals surface area contributed by atoms with Crippen LogP contribution in [0, 0.1) is 5.92 Å². The first kappa shape index (κ1) is 23.9. The fraction of sp³-hybridized carbons (Fsp3) is 0.812. The van der Waals surface area contributed by atoms with Gasteiger partial charge in [-0.2, -0.15) is 0 Å². The van der Waals surface area contributed by atoms with Crippen molar-refractivity contribution in [2.75, 3.05) is 0 Å². The first-order valence-corrected chi connectivity index (χ1v) is 14.2. The Labute approximate surface area is 214 Å². The monoisotopic (exact) mass is 775 g/mol. The molecule has 12 heteroatoms. The molecule has 4 aliphatic carbocycles. The van der Waals surface area contributed by atoms with Gasteiger partial charge in [0.2, 0.25) is 17.7 Å². The summed E-state index contributed by atoms with van der Waals surface area (Å²) in [7, 11) is 0. The molecule has 0 saturated heterocycles. The molecular formula is C16H19Br6N3O3. The number of hydrogen-bond donors (Lipinski definition) is 3. The molecule has 3 amide bonds. The van der Waals surface area contributed by atoms with Gasteiger partial charge in [-0.05, 0) is 44.4 Å². The lowest BCUT2D eigenvalue weighted by molar-refractivity contribution is -0.137. The topological polar surface area (TPSA) is 87.3 Å². The summed E-state index contributed by atoms with van der Waals surface area (Å²) in [6.07, 6.45) is 4.49. The Morgan fingerprint density at radius 1 is 0.607 bits per heavy atom. The molecule has 0 aromatic heterocycles. The van der Waals surface area contributed by atoms with Gasteiger partial charge in [-0.1, -0.05) is 95.6 Å². The number of hydrogen-bond acceptors (Lipinski definition) is 3. The van der Waals surface area contributed by atoms with Gasteiger partial charge in [-0.15, -0.1) is 0 Å². The van der Waals surface area contributed by atoms with Crippen molar-refractivity contribution < 1.29 is 14.4 Å². The maximum absolute atomic E-state index is 12.5. The van der Waals surface area contributed by atoms with E-state index < -0.39 is 27.8 Å². The summed E-state index contributed by atoms with van der Waals surface area (Å²) < 4.78 is -1.48. The van der Waals surface area contributed by atoms with Crippen molar-refractivity contribution in [2.45, 2.75) is 66.4 Å². The highest BCUT2D eigenvalue weighted by Crippen LogP contribution is 2.59. The molecule has 4 fully saturated rings. The molecule has 0 spiro atoms. The van der Waals surface area contributed by atoms with Gasteiger partial charge in [-0.3, -0.25) is 14.4 Å². The first-order chi connectivity index (χ1) is 12.9. The molecule has 6 nitrogen and oxygen atoms in total. The van der Waals surface area contributed by atoms with Crippen LogP contribution >= 0.6 is 95.6 Å². The SMILES string of the molecule is O=C(NC12CC3CC(NC(=O)C(Br)Br)(C1)CC(NC(=O)C(Br)Br)(C3)C2)C(Br)Br. The Balaban J connectivity index is 1.94. The largest absolute Gasteiger partial charge is 0.349 e. The minimum atomic E-state index is -0.493. The number of rotatable bonds is 6. The Morgan fingerprint density at radius 2 is 0.857 bits per heavy atom. The Kier molecular flexibility index (Phi) is 7.42. The second kappa shape index (κ2) is 8.67. The fourth-order valence-electron chi connectivity index (χ4n) is 5.80. The van der Waals surface area contributed by atoms with Gasteiger partial charge in [0.15, 0.2) is 0 Å². The van der Waals surface area contributed by atoms with Crippen LogP contribution in [-0.4, -0.2) is 45.5 Å². The smallest absolute Gasteiger partial charge is 0.245 e. The quantitative estimate of drug-likeness (QED) is 0.358. The fourth-order valence-corrected chi connectivity index (χ4v) is 6.49. The van der Waals surface area contributed by atoms with Crippen LogP contribution in [0.4, 0.5) is 0 Å². The predicted molar refractivity (Wildman–Crippen MR) is 129 cm³/mol. The maximum atomic E-state index is 12.5. The molecule has 0 aromatic rings. The minimum Gasteiger partial charge on any atom is -0.349 e. The van der Waals surface area contributed by atoms with E-state index in [9.17, 15) is 14.4 Å². The first-order valence-electron chi connectivity index (χ1n) is 8.69. The van der Waals surface area contributed by atoms with Crippen LogP contribution in [0.5, 0.6) is 0 Å². The van der Waals surface area contributed by atoms with E-state index >= 15 is 0 Å². The van der Waals surface area contributed by atoms with E-state index in [2.05, 4.69) is 112 Å². The van der Waals surface area contributed by atoms with Gasteiger partial charge in [0.1, 0.15) is 11.2 Å². The van der Waals surface area contributed by atoms with Crippen molar-refractivity contribution in [1.29, 1.82) is 0 Å². The third-order valence-electron chi connectivity index (χ3n) is 5.83. The van der Waals surface area contributed by atoms with Crippen LogP contribution in [0.15, 0.2) is 0 Å². The van der Waals surface area contributed by atoms with E-state index in [4.69, 9.17) is 0 Å². The van der Waals surface area contributed by atoms with Crippen LogP contribution < -0.4 is 16.0 Å². The van der Waals surface area contributed by atoms with Gasteiger partial charge in [0, 0.05) is 16.6 Å². The van der Waals surface area contributed by atoms with Crippen LogP contribution in [0.3, 0.4) is 0 Å². The molecule has 3 N–H and O–H groups in total. The van der Waals surface area contributed by atoms with Crippen molar-refractivity contribution in [2.24, 2.45) is 5.92 Å². The standard InChI is InChI=1S/C16H19Br6N3O3/c17-8(18)11(26)23-14-1-7-2-15(4-14,24-12(27)9(19)20)6-16(3-7,5-14)25-13(28)10(21)22/h7-10H,1-6H2,(H,23,26)(H,24,27)(H,25,28). The molecule has 0 aliphatic heterocycles. The lowest BCUT2D eigenvalue weighted by Gasteiger charge is -2.66. The number of amides is 3. The highest BCUT2D eigenvalue weighted by atomic mass is 79.9. The zero-order chi connectivity index (χ0) is 20.9. The van der Waals surface area contributed by atoms with Crippen molar-refractivity contribution in [3.63, 3.8) is 0 Å². The zero-order valence-electron chi connectivity index (χ0n) is 14.5. The summed E-state index contributed by atoms with van der Waals surface area (Å²) in [5, 5.41) is 9.59. The molecule has 4 aliphatic rings. The summed E-state index contributed by atoms with van der Waals surface area (Å²) >= 11 is 19.6. The van der Waals surface area contributed by atoms with Crippen molar-refractivity contribution >= 4 is 113 Å². The lowest BCUT2D eigenvalue weighted by Crippen LogP contribution is -2.78. The average molecular weight is 781 g/mol. The molecule has 0 aromatic carbocycles. The van der Waals surface area contributed by atoms with Crippen LogP contribution in [0.1, 0.15) is 38.5 Å². The van der Waals surface area contributed by atoms with Gasteiger partial charge >= 0.3 is 0 Å². The van der Waals surface area contributed by atoms with Gasteiger partial charge in [0.05, 0.1) is 0 Å². The van der Waals surface area contributed by atoms with E-state index in [-0.39, 0.29) is 17.7 Å². The Hall–Kier alpha value is 1.29. The van der Waals surface area contributed by atoms with Crippen molar-refractivity contribution in [3.8, 4) is 0 Å². The molecule has 0 atom stereocenters. The maximum Gasteiger partial charge on any atom is 0.245 e. The minimum absolute atomic E-state index is 0.150. The Bertz CT molecular complexity index is 590. The van der Waals surface area contributed by atoms with Crippen molar-refractivity contribution in [3.05, 3.63) is 0 Å². The predicted octanol–water partition coefficient (Wildman–Crippen LogP) is 3.90.